The van der Waals surface area contributed by atoms with Crippen LogP contribution in [0.3, 0.4) is 0 Å². The van der Waals surface area contributed by atoms with E-state index in [0.717, 1.165) is 53.8 Å². The van der Waals surface area contributed by atoms with Gasteiger partial charge in [-0.15, -0.1) is 11.3 Å². The molecule has 10 nitrogen and oxygen atoms in total. The first kappa shape index (κ1) is 36.0. The maximum Gasteiger partial charge on any atom is 0.254 e. The Morgan fingerprint density at radius 2 is 1.82 bits per heavy atom. The number of aryl methyl sites for hydroxylation is 1. The Hall–Kier alpha value is -3.35. The summed E-state index contributed by atoms with van der Waals surface area (Å²) in [5.41, 5.74) is 3.51. The molecule has 0 spiro atoms. The lowest BCUT2D eigenvalue weighted by Gasteiger charge is -2.38. The van der Waals surface area contributed by atoms with Gasteiger partial charge in [0.1, 0.15) is 24.2 Å². The number of aromatic nitrogens is 2. The van der Waals surface area contributed by atoms with Crippen molar-refractivity contribution in [2.24, 2.45) is 5.92 Å². The molecule has 1 aromatic carbocycles. The fourth-order valence-corrected chi connectivity index (χ4v) is 9.59. The van der Waals surface area contributed by atoms with Crippen molar-refractivity contribution in [2.75, 3.05) is 39.3 Å². The summed E-state index contributed by atoms with van der Waals surface area (Å²) in [6.07, 6.45) is 7.40. The highest BCUT2D eigenvalue weighted by Gasteiger charge is 2.42. The zero-order chi connectivity index (χ0) is 35.7. The lowest BCUT2D eigenvalue weighted by Crippen LogP contribution is -2.49. The second kappa shape index (κ2) is 15.3. The van der Waals surface area contributed by atoms with E-state index in [4.69, 9.17) is 9.26 Å². The molecule has 5 atom stereocenters. The van der Waals surface area contributed by atoms with Crippen molar-refractivity contribution in [3.8, 4) is 16.3 Å². The van der Waals surface area contributed by atoms with Crippen LogP contribution < -0.4 is 10.1 Å². The number of hydrogen-bond acceptors (Lipinski definition) is 9. The van der Waals surface area contributed by atoms with Crippen molar-refractivity contribution < 1.29 is 23.2 Å². The maximum atomic E-state index is 15.9. The molecule has 12 heteroatoms. The summed E-state index contributed by atoms with van der Waals surface area (Å²) < 4.78 is 27.4. The van der Waals surface area contributed by atoms with Gasteiger partial charge >= 0.3 is 0 Å². The molecule has 3 aromatic rings. The van der Waals surface area contributed by atoms with Crippen LogP contribution in [0, 0.1) is 12.8 Å². The molecule has 4 fully saturated rings. The Morgan fingerprint density at radius 3 is 2.55 bits per heavy atom. The SMILES string of the molecule is Cc1ncsc1-c1ccc(C(C)NC(=O)C2CCCN2C(=O)C(c2cc(OCC3(F)CCN(CC4CCC5CCCN54)CC3)no2)C(C)C)cc1. The quantitative estimate of drug-likeness (QED) is 0.226. The predicted octanol–water partition coefficient (Wildman–Crippen LogP) is 6.52. The van der Waals surface area contributed by atoms with Crippen LogP contribution in [0.2, 0.25) is 0 Å². The topological polar surface area (TPSA) is 104 Å². The van der Waals surface area contributed by atoms with Crippen LogP contribution in [0.5, 0.6) is 5.88 Å². The molecule has 2 amide bonds. The lowest BCUT2D eigenvalue weighted by molar-refractivity contribution is -0.141. The van der Waals surface area contributed by atoms with Gasteiger partial charge in [0.05, 0.1) is 22.1 Å². The fraction of sp³-hybridized carbons (Fsp3) is 0.641. The first-order chi connectivity index (χ1) is 24.6. The van der Waals surface area contributed by atoms with Crippen LogP contribution >= 0.6 is 11.3 Å². The van der Waals surface area contributed by atoms with E-state index in [1.54, 1.807) is 22.3 Å². The molecule has 0 bridgehead atoms. The van der Waals surface area contributed by atoms with Gasteiger partial charge < -0.3 is 24.4 Å². The number of likely N-dealkylation sites (tertiary alicyclic amines) is 2. The van der Waals surface area contributed by atoms with E-state index in [0.29, 0.717) is 37.6 Å². The number of rotatable bonds is 12. The van der Waals surface area contributed by atoms with Crippen LogP contribution in [-0.2, 0) is 9.59 Å². The van der Waals surface area contributed by atoms with Crippen LogP contribution in [0.25, 0.3) is 10.4 Å². The van der Waals surface area contributed by atoms with Gasteiger partial charge in [0.25, 0.3) is 5.88 Å². The van der Waals surface area contributed by atoms with E-state index in [1.165, 1.54) is 32.2 Å². The number of hydrogen-bond donors (Lipinski definition) is 1. The monoisotopic (exact) mass is 720 g/mol. The van der Waals surface area contributed by atoms with Crippen molar-refractivity contribution in [1.82, 2.24) is 30.2 Å². The molecule has 4 aliphatic rings. The van der Waals surface area contributed by atoms with Crippen LogP contribution in [0.15, 0.2) is 40.4 Å². The molecule has 276 valence electrons. The molecule has 5 unspecified atom stereocenters. The molecule has 0 aliphatic carbocycles. The summed E-state index contributed by atoms with van der Waals surface area (Å²) in [6, 6.07) is 10.4. The minimum atomic E-state index is -1.43. The average Bonchev–Trinajstić information content (AvgIpc) is 3.96. The number of alkyl halides is 1. The number of fused-ring (bicyclic) bond motifs is 1. The Kier molecular flexibility index (Phi) is 10.8. The number of nitrogens with zero attached hydrogens (tertiary/aromatic N) is 5. The molecule has 0 radical (unpaired) electrons. The van der Waals surface area contributed by atoms with Crippen LogP contribution in [0.1, 0.15) is 101 Å². The Labute approximate surface area is 305 Å². The summed E-state index contributed by atoms with van der Waals surface area (Å²) in [4.78, 5) is 39.9. The summed E-state index contributed by atoms with van der Waals surface area (Å²) in [6.45, 7) is 12.0. The van der Waals surface area contributed by atoms with Gasteiger partial charge in [-0.2, -0.15) is 0 Å². The van der Waals surface area contributed by atoms with Crippen LogP contribution in [0.4, 0.5) is 4.39 Å². The van der Waals surface area contributed by atoms with E-state index >= 15 is 4.39 Å². The standard InChI is InChI=1S/C39H53FN6O4S/c1-25(2)35(33-21-34(43-50-33)49-23-39(40)15-19-44(20-16-39)22-31-14-13-30-7-5-17-45(30)31)38(48)46-18-6-8-32(46)37(47)42-26(3)28-9-11-29(12-10-28)36-27(4)41-24-51-36/h9-12,21,24-26,30-32,35H,5-8,13-20,22-23H2,1-4H3,(H,42,47). The third kappa shape index (κ3) is 7.88. The average molecular weight is 721 g/mol. The lowest BCUT2D eigenvalue weighted by atomic mass is 9.91. The van der Waals surface area contributed by atoms with Gasteiger partial charge in [-0.25, -0.2) is 9.37 Å². The zero-order valence-electron chi connectivity index (χ0n) is 30.5. The highest BCUT2D eigenvalue weighted by molar-refractivity contribution is 7.13. The van der Waals surface area contributed by atoms with E-state index in [-0.39, 0.29) is 36.3 Å². The third-order valence-electron chi connectivity index (χ3n) is 11.8. The number of amides is 2. The van der Waals surface area contributed by atoms with E-state index in [1.807, 2.05) is 45.3 Å². The summed E-state index contributed by atoms with van der Waals surface area (Å²) in [5, 5.41) is 7.22. The van der Waals surface area contributed by atoms with Crippen molar-refractivity contribution in [3.63, 3.8) is 0 Å². The van der Waals surface area contributed by atoms with Gasteiger partial charge in [0.2, 0.25) is 11.8 Å². The van der Waals surface area contributed by atoms with Crippen molar-refractivity contribution in [1.29, 1.82) is 0 Å². The summed E-state index contributed by atoms with van der Waals surface area (Å²) in [7, 11) is 0. The number of nitrogens with one attached hydrogen (secondary N) is 1. The molecule has 6 heterocycles. The van der Waals surface area contributed by atoms with Gasteiger partial charge in [0, 0.05) is 44.3 Å². The van der Waals surface area contributed by atoms with E-state index < -0.39 is 17.6 Å². The predicted molar refractivity (Wildman–Crippen MR) is 195 cm³/mol. The van der Waals surface area contributed by atoms with Gasteiger partial charge in [-0.1, -0.05) is 38.1 Å². The largest absolute Gasteiger partial charge is 0.472 e. The maximum absolute atomic E-state index is 15.9. The Balaban J connectivity index is 0.918. The highest BCUT2D eigenvalue weighted by atomic mass is 32.1. The molecule has 2 aromatic heterocycles. The van der Waals surface area contributed by atoms with Gasteiger partial charge in [-0.3, -0.25) is 14.5 Å². The van der Waals surface area contributed by atoms with Crippen molar-refractivity contribution >= 4 is 23.2 Å². The molecular weight excluding hydrogens is 668 g/mol. The summed E-state index contributed by atoms with van der Waals surface area (Å²) in [5.74, 6) is -0.525. The van der Waals surface area contributed by atoms with Crippen molar-refractivity contribution in [3.05, 3.63) is 52.9 Å². The molecule has 4 saturated heterocycles. The fourth-order valence-electron chi connectivity index (χ4n) is 8.78. The van der Waals surface area contributed by atoms with Gasteiger partial charge in [0.15, 0.2) is 5.76 Å². The first-order valence-corrected chi connectivity index (χ1v) is 19.8. The number of piperidine rings is 1. The number of halogens is 1. The Bertz CT molecular complexity index is 1650. The zero-order valence-corrected chi connectivity index (χ0v) is 31.3. The minimum Gasteiger partial charge on any atom is -0.472 e. The molecule has 0 saturated carbocycles. The number of thiazole rings is 1. The number of carbonyl (C=O) groups is 2. The number of carbonyl (C=O) groups excluding carboxylic acids is 2. The van der Waals surface area contributed by atoms with E-state index in [2.05, 4.69) is 37.4 Å². The van der Waals surface area contributed by atoms with Crippen LogP contribution in [-0.4, -0.2) is 99.8 Å². The number of benzene rings is 1. The smallest absolute Gasteiger partial charge is 0.254 e. The molecular formula is C39H53FN6O4S. The number of ether oxygens (including phenoxy) is 1. The molecule has 51 heavy (non-hydrogen) atoms. The third-order valence-corrected chi connectivity index (χ3v) is 12.8. The minimum absolute atomic E-state index is 0.0924. The van der Waals surface area contributed by atoms with Gasteiger partial charge in [-0.05, 0) is 94.0 Å². The van der Waals surface area contributed by atoms with Crippen molar-refractivity contribution in [2.45, 2.75) is 115 Å². The Morgan fingerprint density at radius 1 is 1.06 bits per heavy atom. The van der Waals surface area contributed by atoms with E-state index in [9.17, 15) is 9.59 Å². The molecule has 4 aliphatic heterocycles. The summed E-state index contributed by atoms with van der Waals surface area (Å²) >= 11 is 1.61. The highest BCUT2D eigenvalue weighted by Crippen LogP contribution is 2.36. The second-order valence-electron chi connectivity index (χ2n) is 15.6. The molecule has 1 N–H and O–H groups in total. The second-order valence-corrected chi connectivity index (χ2v) is 16.5. The first-order valence-electron chi connectivity index (χ1n) is 19.0. The normalized spacial score (nSPS) is 24.9. The molecule has 7 rings (SSSR count).